The van der Waals surface area contributed by atoms with E-state index < -0.39 is 10.0 Å². The summed E-state index contributed by atoms with van der Waals surface area (Å²) in [5.41, 5.74) is 0. The van der Waals surface area contributed by atoms with Gasteiger partial charge >= 0.3 is 0 Å². The number of likely N-dealkylation sites (tertiary alicyclic amines) is 1. The summed E-state index contributed by atoms with van der Waals surface area (Å²) in [4.78, 5) is 2.50. The molecule has 0 radical (unpaired) electrons. The summed E-state index contributed by atoms with van der Waals surface area (Å²) in [6, 6.07) is 0.457. The molecule has 0 aromatic rings. The predicted molar refractivity (Wildman–Crippen MR) is 87.0 cm³/mol. The number of piperidine rings is 1. The molecule has 5 nitrogen and oxygen atoms in total. The van der Waals surface area contributed by atoms with E-state index in [0.29, 0.717) is 25.6 Å². The molecule has 6 heteroatoms. The molecule has 0 aromatic carbocycles. The first-order chi connectivity index (χ1) is 10.1. The maximum Gasteiger partial charge on any atom is 0.214 e. The molecule has 2 rings (SSSR count). The molecule has 2 aliphatic rings. The molecule has 21 heavy (non-hydrogen) atoms. The van der Waals surface area contributed by atoms with Gasteiger partial charge in [-0.1, -0.05) is 13.3 Å². The van der Waals surface area contributed by atoms with E-state index in [1.54, 1.807) is 4.31 Å². The second kappa shape index (κ2) is 8.46. The summed E-state index contributed by atoms with van der Waals surface area (Å²) in [6.45, 7) is 7.63. The number of rotatable bonds is 8. The molecule has 1 N–H and O–H groups in total. The molecule has 2 aliphatic heterocycles. The zero-order valence-electron chi connectivity index (χ0n) is 13.4. The van der Waals surface area contributed by atoms with Gasteiger partial charge in [0, 0.05) is 19.1 Å². The van der Waals surface area contributed by atoms with Crippen LogP contribution in [0.25, 0.3) is 0 Å². The van der Waals surface area contributed by atoms with E-state index in [0.717, 1.165) is 39.0 Å². The Bertz CT molecular complexity index is 394. The second-order valence-corrected chi connectivity index (χ2v) is 8.41. The first-order valence-corrected chi connectivity index (χ1v) is 10.2. The standard InChI is InChI=1S/C15H31N3O2S/c1-2-8-16-9-6-13-21(19,20)18-12-7-15(14-18)17-10-4-3-5-11-17/h15-16H,2-14H2,1H3. The van der Waals surface area contributed by atoms with Crippen LogP contribution in [0.5, 0.6) is 0 Å². The lowest BCUT2D eigenvalue weighted by Gasteiger charge is -2.32. The third-order valence-electron chi connectivity index (χ3n) is 4.61. The third-order valence-corrected chi connectivity index (χ3v) is 6.53. The van der Waals surface area contributed by atoms with Gasteiger partial charge in [0.15, 0.2) is 0 Å². The van der Waals surface area contributed by atoms with Gasteiger partial charge in [-0.2, -0.15) is 0 Å². The summed E-state index contributed by atoms with van der Waals surface area (Å²) in [6.07, 6.45) is 6.69. The van der Waals surface area contributed by atoms with Crippen molar-refractivity contribution in [1.82, 2.24) is 14.5 Å². The van der Waals surface area contributed by atoms with Crippen LogP contribution in [0.1, 0.15) is 45.4 Å². The van der Waals surface area contributed by atoms with E-state index in [1.807, 2.05) is 0 Å². The van der Waals surface area contributed by atoms with Crippen molar-refractivity contribution in [1.29, 1.82) is 0 Å². The van der Waals surface area contributed by atoms with Gasteiger partial charge in [0.25, 0.3) is 0 Å². The molecule has 1 atom stereocenters. The van der Waals surface area contributed by atoms with Gasteiger partial charge in [0.05, 0.1) is 5.75 Å². The SMILES string of the molecule is CCCNCCCS(=O)(=O)N1CCC(N2CCCCC2)C1. The Labute approximate surface area is 130 Å². The van der Waals surface area contributed by atoms with Gasteiger partial charge in [0.1, 0.15) is 0 Å². The minimum Gasteiger partial charge on any atom is -0.317 e. The van der Waals surface area contributed by atoms with E-state index in [9.17, 15) is 8.42 Å². The summed E-state index contributed by atoms with van der Waals surface area (Å²) in [5, 5.41) is 3.27. The summed E-state index contributed by atoms with van der Waals surface area (Å²) >= 11 is 0. The van der Waals surface area contributed by atoms with E-state index in [4.69, 9.17) is 0 Å². The highest BCUT2D eigenvalue weighted by molar-refractivity contribution is 7.89. The fourth-order valence-corrected chi connectivity index (χ4v) is 4.91. The van der Waals surface area contributed by atoms with Crippen molar-refractivity contribution in [2.75, 3.05) is 45.0 Å². The highest BCUT2D eigenvalue weighted by Gasteiger charge is 2.34. The highest BCUT2D eigenvalue weighted by Crippen LogP contribution is 2.22. The fraction of sp³-hybridized carbons (Fsp3) is 1.00. The minimum atomic E-state index is -3.05. The maximum absolute atomic E-state index is 12.4. The first kappa shape index (κ1) is 17.2. The van der Waals surface area contributed by atoms with E-state index in [2.05, 4.69) is 17.1 Å². The van der Waals surface area contributed by atoms with E-state index >= 15 is 0 Å². The molecule has 124 valence electrons. The van der Waals surface area contributed by atoms with Crippen LogP contribution in [0.3, 0.4) is 0 Å². The minimum absolute atomic E-state index is 0.288. The zero-order chi connectivity index (χ0) is 15.1. The van der Waals surface area contributed by atoms with E-state index in [-0.39, 0.29) is 5.75 Å². The molecule has 2 saturated heterocycles. The van der Waals surface area contributed by atoms with Crippen molar-refractivity contribution >= 4 is 10.0 Å². The maximum atomic E-state index is 12.4. The molecule has 2 heterocycles. The number of nitrogens with zero attached hydrogens (tertiary/aromatic N) is 2. The van der Waals surface area contributed by atoms with Gasteiger partial charge < -0.3 is 5.32 Å². The van der Waals surface area contributed by atoms with Gasteiger partial charge in [-0.25, -0.2) is 12.7 Å². The largest absolute Gasteiger partial charge is 0.317 e. The van der Waals surface area contributed by atoms with Crippen molar-refractivity contribution in [2.45, 2.75) is 51.5 Å². The first-order valence-electron chi connectivity index (χ1n) is 8.56. The fourth-order valence-electron chi connectivity index (χ4n) is 3.36. The molecule has 1 unspecified atom stereocenters. The number of hydrogen-bond donors (Lipinski definition) is 1. The van der Waals surface area contributed by atoms with Gasteiger partial charge in [0.2, 0.25) is 10.0 Å². The smallest absolute Gasteiger partial charge is 0.214 e. The molecular formula is C15H31N3O2S. The molecule has 2 fully saturated rings. The Balaban J connectivity index is 1.73. The Hall–Kier alpha value is -0.170. The third kappa shape index (κ3) is 5.20. The van der Waals surface area contributed by atoms with Crippen molar-refractivity contribution < 1.29 is 8.42 Å². The number of hydrogen-bond acceptors (Lipinski definition) is 4. The van der Waals surface area contributed by atoms with Crippen LogP contribution >= 0.6 is 0 Å². The molecule has 0 aliphatic carbocycles. The zero-order valence-corrected chi connectivity index (χ0v) is 14.2. The van der Waals surface area contributed by atoms with E-state index in [1.165, 1.54) is 19.3 Å². The van der Waals surface area contributed by atoms with Gasteiger partial charge in [-0.05, 0) is 58.3 Å². The average Bonchev–Trinajstić information content (AvgIpc) is 2.99. The Morgan fingerprint density at radius 2 is 1.86 bits per heavy atom. The summed E-state index contributed by atoms with van der Waals surface area (Å²) < 4.78 is 26.5. The van der Waals surface area contributed by atoms with Crippen molar-refractivity contribution in [2.24, 2.45) is 0 Å². The number of sulfonamides is 1. The summed E-state index contributed by atoms with van der Waals surface area (Å²) in [7, 11) is -3.05. The monoisotopic (exact) mass is 317 g/mol. The lowest BCUT2D eigenvalue weighted by Crippen LogP contribution is -2.42. The molecular weight excluding hydrogens is 286 g/mol. The molecule has 0 amide bonds. The van der Waals surface area contributed by atoms with Crippen LogP contribution in [0.15, 0.2) is 0 Å². The quantitative estimate of drug-likeness (QED) is 0.685. The second-order valence-electron chi connectivity index (χ2n) is 6.32. The lowest BCUT2D eigenvalue weighted by atomic mass is 10.1. The lowest BCUT2D eigenvalue weighted by molar-refractivity contribution is 0.169. The van der Waals surface area contributed by atoms with Crippen LogP contribution in [-0.2, 0) is 10.0 Å². The van der Waals surface area contributed by atoms with Crippen molar-refractivity contribution in [3.63, 3.8) is 0 Å². The summed E-state index contributed by atoms with van der Waals surface area (Å²) in [5.74, 6) is 0.288. The number of nitrogens with one attached hydrogen (secondary N) is 1. The topological polar surface area (TPSA) is 52.7 Å². The van der Waals surface area contributed by atoms with Gasteiger partial charge in [-0.15, -0.1) is 0 Å². The van der Waals surface area contributed by atoms with Crippen LogP contribution < -0.4 is 5.32 Å². The van der Waals surface area contributed by atoms with Crippen molar-refractivity contribution in [3.05, 3.63) is 0 Å². The molecule has 0 saturated carbocycles. The van der Waals surface area contributed by atoms with Crippen molar-refractivity contribution in [3.8, 4) is 0 Å². The van der Waals surface area contributed by atoms with Gasteiger partial charge in [-0.3, -0.25) is 4.90 Å². The normalized spacial score (nSPS) is 25.5. The van der Waals surface area contributed by atoms with Crippen LogP contribution in [0.2, 0.25) is 0 Å². The molecule has 0 aromatic heterocycles. The van der Waals surface area contributed by atoms with Crippen LogP contribution in [-0.4, -0.2) is 68.7 Å². The predicted octanol–water partition coefficient (Wildman–Crippen LogP) is 1.27. The molecule has 0 spiro atoms. The average molecular weight is 317 g/mol. The van der Waals surface area contributed by atoms with Crippen LogP contribution in [0, 0.1) is 0 Å². The van der Waals surface area contributed by atoms with Crippen LogP contribution in [0.4, 0.5) is 0 Å². The molecule has 0 bridgehead atoms. The Morgan fingerprint density at radius 3 is 2.57 bits per heavy atom. The highest BCUT2D eigenvalue weighted by atomic mass is 32.2. The Morgan fingerprint density at radius 1 is 1.10 bits per heavy atom. The Kier molecular flexibility index (Phi) is 6.92.